The van der Waals surface area contributed by atoms with Crippen molar-refractivity contribution >= 4 is 11.6 Å². The summed E-state index contributed by atoms with van der Waals surface area (Å²) >= 11 is 0. The number of carbonyl (C=O) groups is 2. The Morgan fingerprint density at radius 3 is 2.67 bits per heavy atom. The van der Waals surface area contributed by atoms with Crippen LogP contribution in [0.25, 0.3) is 0 Å². The number of ketones is 2. The highest BCUT2D eigenvalue weighted by molar-refractivity contribution is 6.01. The van der Waals surface area contributed by atoms with Crippen LogP contribution in [-0.2, 0) is 9.59 Å². The minimum atomic E-state index is -0.433. The number of rotatable bonds is 2. The predicted octanol–water partition coefficient (Wildman–Crippen LogP) is 4.50. The molecular formula is C24H34O3. The zero-order chi connectivity index (χ0) is 19.8. The molecule has 0 spiro atoms. The Bertz CT molecular complexity index is 749. The highest BCUT2D eigenvalue weighted by Gasteiger charge is 2.68. The van der Waals surface area contributed by atoms with Crippen LogP contribution < -0.4 is 0 Å². The fourth-order valence-corrected chi connectivity index (χ4v) is 7.84. The number of Topliss-reactive ketones (excluding diaryl/α,β-unsaturated/α-hetero) is 1. The van der Waals surface area contributed by atoms with Crippen LogP contribution in [0.15, 0.2) is 23.8 Å². The molecule has 3 heteroatoms. The number of aliphatic hydroxyl groups is 1. The molecule has 148 valence electrons. The van der Waals surface area contributed by atoms with Crippen LogP contribution >= 0.6 is 0 Å². The van der Waals surface area contributed by atoms with E-state index in [0.717, 1.165) is 19.3 Å². The molecule has 0 amide bonds. The van der Waals surface area contributed by atoms with Crippen molar-refractivity contribution < 1.29 is 14.7 Å². The largest absolute Gasteiger partial charge is 0.393 e. The van der Waals surface area contributed by atoms with E-state index >= 15 is 0 Å². The summed E-state index contributed by atoms with van der Waals surface area (Å²) in [7, 11) is 0. The summed E-state index contributed by atoms with van der Waals surface area (Å²) in [5.74, 6) is 1.80. The third kappa shape index (κ3) is 2.24. The molecular weight excluding hydrogens is 336 g/mol. The van der Waals surface area contributed by atoms with Gasteiger partial charge in [0.05, 0.1) is 6.10 Å². The van der Waals surface area contributed by atoms with Crippen LogP contribution in [0.3, 0.4) is 0 Å². The molecule has 1 N–H and O–H groups in total. The van der Waals surface area contributed by atoms with E-state index in [4.69, 9.17) is 0 Å². The predicted molar refractivity (Wildman–Crippen MR) is 106 cm³/mol. The Balaban J connectivity index is 1.78. The summed E-state index contributed by atoms with van der Waals surface area (Å²) in [5.41, 5.74) is 0.464. The smallest absolute Gasteiger partial charge is 0.178 e. The molecule has 4 aliphatic rings. The molecule has 3 fully saturated rings. The van der Waals surface area contributed by atoms with Crippen molar-refractivity contribution in [3.63, 3.8) is 0 Å². The Morgan fingerprint density at radius 2 is 2.00 bits per heavy atom. The molecule has 3 nitrogen and oxygen atoms in total. The molecule has 0 saturated heterocycles. The summed E-state index contributed by atoms with van der Waals surface area (Å²) < 4.78 is 0. The van der Waals surface area contributed by atoms with Crippen molar-refractivity contribution in [2.24, 2.45) is 39.9 Å². The van der Waals surface area contributed by atoms with Crippen LogP contribution in [0, 0.1) is 39.9 Å². The van der Waals surface area contributed by atoms with Crippen LogP contribution in [-0.4, -0.2) is 22.8 Å². The van der Waals surface area contributed by atoms with Gasteiger partial charge in [0.15, 0.2) is 5.78 Å². The standard InChI is InChI=1S/C24H34O3/c1-6-20(27)24(5)14(2)11-18-17-8-7-15-12-16(25)9-10-22(15,3)21(17)19(26)13-23(18,24)4/h9-10,12,14,17-19,21,26H,6-8,11,13H2,1-5H3/t14-,17+,18-,19-,21-,22-,23-,24-/m1/s1. The van der Waals surface area contributed by atoms with Gasteiger partial charge in [-0.15, -0.1) is 0 Å². The highest BCUT2D eigenvalue weighted by Crippen LogP contribution is 2.71. The topological polar surface area (TPSA) is 54.4 Å². The van der Waals surface area contributed by atoms with Crippen LogP contribution in [0.5, 0.6) is 0 Å². The van der Waals surface area contributed by atoms with Crippen molar-refractivity contribution in [2.75, 3.05) is 0 Å². The van der Waals surface area contributed by atoms with Crippen molar-refractivity contribution in [1.82, 2.24) is 0 Å². The zero-order valence-corrected chi connectivity index (χ0v) is 17.4. The lowest BCUT2D eigenvalue weighted by molar-refractivity contribution is -0.155. The van der Waals surface area contributed by atoms with E-state index in [1.54, 1.807) is 12.2 Å². The maximum Gasteiger partial charge on any atom is 0.178 e. The first-order valence-electron chi connectivity index (χ1n) is 10.7. The molecule has 0 aromatic carbocycles. The second-order valence-corrected chi connectivity index (χ2v) is 10.3. The molecule has 3 saturated carbocycles. The SMILES string of the molecule is CCC(=O)[C@@]1(C)[C@H](C)C[C@@H]2[C@@H]3CCC4=CC(=O)C=C[C@@]4(C)[C@H]3[C@H](O)C[C@]21C. The molecule has 8 atom stereocenters. The molecule has 0 bridgehead atoms. The third-order valence-corrected chi connectivity index (χ3v) is 9.57. The Kier molecular flexibility index (Phi) is 4.17. The summed E-state index contributed by atoms with van der Waals surface area (Å²) in [5, 5.41) is 11.4. The van der Waals surface area contributed by atoms with E-state index in [1.807, 2.05) is 6.92 Å². The van der Waals surface area contributed by atoms with Gasteiger partial charge in [0.2, 0.25) is 0 Å². The average Bonchev–Trinajstić information content (AvgIpc) is 2.82. The van der Waals surface area contributed by atoms with Gasteiger partial charge in [-0.3, -0.25) is 9.59 Å². The molecule has 27 heavy (non-hydrogen) atoms. The minimum Gasteiger partial charge on any atom is -0.393 e. The number of fused-ring (bicyclic) bond motifs is 5. The maximum absolute atomic E-state index is 13.1. The molecule has 0 heterocycles. The molecule has 4 rings (SSSR count). The lowest BCUT2D eigenvalue weighted by atomic mass is 9.44. The third-order valence-electron chi connectivity index (χ3n) is 9.57. The highest BCUT2D eigenvalue weighted by atomic mass is 16.3. The maximum atomic E-state index is 13.1. The fourth-order valence-electron chi connectivity index (χ4n) is 7.84. The van der Waals surface area contributed by atoms with Gasteiger partial charge in [0.1, 0.15) is 5.78 Å². The van der Waals surface area contributed by atoms with E-state index in [2.05, 4.69) is 33.8 Å². The van der Waals surface area contributed by atoms with Crippen LogP contribution in [0.4, 0.5) is 0 Å². The quantitative estimate of drug-likeness (QED) is 0.779. The number of hydrogen-bond acceptors (Lipinski definition) is 3. The Labute approximate surface area is 163 Å². The summed E-state index contributed by atoms with van der Waals surface area (Å²) in [4.78, 5) is 25.0. The van der Waals surface area contributed by atoms with E-state index in [9.17, 15) is 14.7 Å². The first-order chi connectivity index (χ1) is 12.6. The van der Waals surface area contributed by atoms with Crippen molar-refractivity contribution in [3.8, 4) is 0 Å². The van der Waals surface area contributed by atoms with E-state index in [1.165, 1.54) is 5.57 Å². The van der Waals surface area contributed by atoms with Gasteiger partial charge in [0, 0.05) is 23.2 Å². The van der Waals surface area contributed by atoms with Crippen molar-refractivity contribution in [1.29, 1.82) is 0 Å². The van der Waals surface area contributed by atoms with Crippen molar-refractivity contribution in [3.05, 3.63) is 23.8 Å². The second kappa shape index (κ2) is 5.89. The number of hydrogen-bond donors (Lipinski definition) is 1. The first-order valence-corrected chi connectivity index (χ1v) is 10.7. The van der Waals surface area contributed by atoms with Gasteiger partial charge < -0.3 is 5.11 Å². The molecule has 0 radical (unpaired) electrons. The molecule has 0 unspecified atom stereocenters. The van der Waals surface area contributed by atoms with Gasteiger partial charge >= 0.3 is 0 Å². The summed E-state index contributed by atoms with van der Waals surface area (Å²) in [6, 6.07) is 0. The van der Waals surface area contributed by atoms with Crippen LogP contribution in [0.2, 0.25) is 0 Å². The van der Waals surface area contributed by atoms with Crippen molar-refractivity contribution in [2.45, 2.75) is 72.8 Å². The molecule has 0 aromatic heterocycles. The summed E-state index contributed by atoms with van der Waals surface area (Å²) in [6.07, 6.45) is 9.41. The number of aliphatic hydroxyl groups excluding tert-OH is 1. The lowest BCUT2D eigenvalue weighted by Gasteiger charge is -2.60. The normalized spacial score (nSPS) is 51.3. The van der Waals surface area contributed by atoms with Gasteiger partial charge in [-0.1, -0.05) is 46.3 Å². The second-order valence-electron chi connectivity index (χ2n) is 10.3. The summed E-state index contributed by atoms with van der Waals surface area (Å²) in [6.45, 7) is 10.9. The van der Waals surface area contributed by atoms with Gasteiger partial charge in [-0.25, -0.2) is 0 Å². The number of allylic oxidation sites excluding steroid dienone is 4. The van der Waals surface area contributed by atoms with E-state index < -0.39 is 6.10 Å². The fraction of sp³-hybridized carbons (Fsp3) is 0.750. The number of carbonyl (C=O) groups excluding carboxylic acids is 2. The van der Waals surface area contributed by atoms with Crippen LogP contribution in [0.1, 0.15) is 66.7 Å². The van der Waals surface area contributed by atoms with Gasteiger partial charge in [-0.05, 0) is 61.0 Å². The van der Waals surface area contributed by atoms with E-state index in [-0.39, 0.29) is 27.9 Å². The zero-order valence-electron chi connectivity index (χ0n) is 17.4. The Hall–Kier alpha value is -1.22. The average molecular weight is 371 g/mol. The van der Waals surface area contributed by atoms with Gasteiger partial charge in [0.25, 0.3) is 0 Å². The molecule has 0 aliphatic heterocycles. The lowest BCUT2D eigenvalue weighted by Crippen LogP contribution is -2.58. The minimum absolute atomic E-state index is 0.0756. The van der Waals surface area contributed by atoms with Gasteiger partial charge in [-0.2, -0.15) is 0 Å². The Morgan fingerprint density at radius 1 is 1.30 bits per heavy atom. The molecule has 4 aliphatic carbocycles. The molecule has 0 aromatic rings. The van der Waals surface area contributed by atoms with E-state index in [0.29, 0.717) is 36.4 Å². The first kappa shape index (κ1) is 19.1. The monoisotopic (exact) mass is 370 g/mol.